The van der Waals surface area contributed by atoms with E-state index in [2.05, 4.69) is 32.1 Å². The first-order valence-corrected chi connectivity index (χ1v) is 13.2. The minimum Gasteiger partial charge on any atom is -0.461 e. The Morgan fingerprint density at radius 2 is 1.86 bits per heavy atom. The molecule has 0 aliphatic rings. The van der Waals surface area contributed by atoms with Gasteiger partial charge in [-0.2, -0.15) is 0 Å². The van der Waals surface area contributed by atoms with Crippen molar-refractivity contribution in [1.29, 1.82) is 0 Å². The van der Waals surface area contributed by atoms with Crippen LogP contribution >= 0.6 is 0 Å². The number of imidazole rings is 1. The van der Waals surface area contributed by atoms with Crippen LogP contribution in [0.25, 0.3) is 16.4 Å². The third kappa shape index (κ3) is 5.27. The number of rotatable bonds is 5. The van der Waals surface area contributed by atoms with E-state index in [-0.39, 0.29) is 17.2 Å². The van der Waals surface area contributed by atoms with Crippen LogP contribution in [0.2, 0.25) is 0 Å². The highest BCUT2D eigenvalue weighted by Crippen LogP contribution is 2.23. The van der Waals surface area contributed by atoms with Gasteiger partial charge in [0.05, 0.1) is 11.5 Å². The molecule has 0 radical (unpaired) electrons. The first-order chi connectivity index (χ1) is 17.8. The van der Waals surface area contributed by atoms with Gasteiger partial charge in [0.1, 0.15) is 17.2 Å². The molecule has 1 aromatic carbocycles. The quantitative estimate of drug-likeness (QED) is 0.278. The standard InChI is InChI=1S/C27H21N5O4S/c1-3-36-27(33)24-17-32-16-18(5-11-26(32)31-24)4-10-23-22-14-25(29-15-19(22)12-13-28-23)30-20-6-8-21(9-7-20)37(2,34)35/h5-9,11-17H,3H2,1-2H3,(H,29,30). The molecular formula is C27H21N5O4S. The number of aromatic nitrogens is 4. The lowest BCUT2D eigenvalue weighted by Crippen LogP contribution is -2.04. The van der Waals surface area contributed by atoms with Crippen LogP contribution in [0.3, 0.4) is 0 Å². The number of benzene rings is 1. The van der Waals surface area contributed by atoms with Gasteiger partial charge in [0.25, 0.3) is 0 Å². The van der Waals surface area contributed by atoms with Crippen LogP contribution < -0.4 is 5.32 Å². The van der Waals surface area contributed by atoms with Gasteiger partial charge in [-0.1, -0.05) is 5.92 Å². The minimum absolute atomic E-state index is 0.237. The Morgan fingerprint density at radius 3 is 2.62 bits per heavy atom. The van der Waals surface area contributed by atoms with Crippen LogP contribution in [0.1, 0.15) is 28.7 Å². The van der Waals surface area contributed by atoms with Crippen molar-refractivity contribution >= 4 is 43.7 Å². The van der Waals surface area contributed by atoms with Gasteiger partial charge < -0.3 is 14.5 Å². The highest BCUT2D eigenvalue weighted by atomic mass is 32.2. The summed E-state index contributed by atoms with van der Waals surface area (Å²) < 4.78 is 30.1. The molecule has 4 aromatic heterocycles. The second kappa shape index (κ2) is 9.72. The molecule has 0 aliphatic heterocycles. The second-order valence-corrected chi connectivity index (χ2v) is 10.2. The number of hydrogen-bond donors (Lipinski definition) is 1. The smallest absolute Gasteiger partial charge is 0.358 e. The number of ether oxygens (including phenoxy) is 1. The Hall–Kier alpha value is -4.75. The molecule has 0 atom stereocenters. The summed E-state index contributed by atoms with van der Waals surface area (Å²) in [5.41, 5.74) is 2.85. The molecule has 0 fully saturated rings. The van der Waals surface area contributed by atoms with Crippen molar-refractivity contribution < 1.29 is 17.9 Å². The molecule has 37 heavy (non-hydrogen) atoms. The van der Waals surface area contributed by atoms with Crippen LogP contribution in [-0.4, -0.2) is 46.6 Å². The number of pyridine rings is 3. The van der Waals surface area contributed by atoms with Crippen LogP contribution in [0.4, 0.5) is 11.5 Å². The monoisotopic (exact) mass is 511 g/mol. The highest BCUT2D eigenvalue weighted by molar-refractivity contribution is 7.90. The molecule has 0 saturated carbocycles. The molecule has 0 saturated heterocycles. The van der Waals surface area contributed by atoms with Gasteiger partial charge in [-0.15, -0.1) is 0 Å². The predicted molar refractivity (Wildman–Crippen MR) is 140 cm³/mol. The third-order valence-electron chi connectivity index (χ3n) is 5.46. The summed E-state index contributed by atoms with van der Waals surface area (Å²) in [6.07, 6.45) is 7.97. The number of carbonyl (C=O) groups is 1. The lowest BCUT2D eigenvalue weighted by atomic mass is 10.1. The van der Waals surface area contributed by atoms with E-state index in [4.69, 9.17) is 4.74 Å². The number of fused-ring (bicyclic) bond motifs is 2. The first kappa shape index (κ1) is 24.0. The fourth-order valence-corrected chi connectivity index (χ4v) is 4.30. The maximum absolute atomic E-state index is 12.0. The maximum atomic E-state index is 12.0. The van der Waals surface area contributed by atoms with Gasteiger partial charge in [0.2, 0.25) is 0 Å². The van der Waals surface area contributed by atoms with E-state index in [0.29, 0.717) is 22.8 Å². The minimum atomic E-state index is -3.27. The Morgan fingerprint density at radius 1 is 1.05 bits per heavy atom. The number of nitrogens with zero attached hydrogens (tertiary/aromatic N) is 4. The maximum Gasteiger partial charge on any atom is 0.358 e. The molecule has 0 aliphatic carbocycles. The van der Waals surface area contributed by atoms with E-state index in [0.717, 1.165) is 16.3 Å². The topological polar surface area (TPSA) is 116 Å². The number of sulfone groups is 1. The van der Waals surface area contributed by atoms with Gasteiger partial charge in [0.15, 0.2) is 15.5 Å². The zero-order valence-electron chi connectivity index (χ0n) is 20.0. The lowest BCUT2D eigenvalue weighted by molar-refractivity contribution is 0.0520. The fourth-order valence-electron chi connectivity index (χ4n) is 3.67. The first-order valence-electron chi connectivity index (χ1n) is 11.3. The SMILES string of the molecule is CCOC(=O)c1cn2cc(C#Cc3nccc4cnc(Nc5ccc(S(C)(=O)=O)cc5)cc34)ccc2n1. The molecular weight excluding hydrogens is 490 g/mol. The van der Waals surface area contributed by atoms with Gasteiger partial charge in [-0.25, -0.2) is 28.2 Å². The van der Waals surface area contributed by atoms with E-state index < -0.39 is 15.8 Å². The van der Waals surface area contributed by atoms with Crippen molar-refractivity contribution in [3.05, 3.63) is 90.3 Å². The number of carbonyl (C=O) groups excluding carboxylic acids is 1. The van der Waals surface area contributed by atoms with Crippen molar-refractivity contribution in [3.8, 4) is 11.8 Å². The molecule has 10 heteroatoms. The Bertz CT molecular complexity index is 1820. The van der Waals surface area contributed by atoms with Crippen molar-refractivity contribution in [2.24, 2.45) is 0 Å². The molecule has 0 amide bonds. The average molecular weight is 512 g/mol. The molecule has 0 spiro atoms. The van der Waals surface area contributed by atoms with Crippen molar-refractivity contribution in [2.45, 2.75) is 11.8 Å². The number of anilines is 2. The summed E-state index contributed by atoms with van der Waals surface area (Å²) in [7, 11) is -3.27. The van der Waals surface area contributed by atoms with Gasteiger partial charge in [-0.3, -0.25) is 0 Å². The second-order valence-electron chi connectivity index (χ2n) is 8.15. The number of esters is 1. The summed E-state index contributed by atoms with van der Waals surface area (Å²) in [5, 5.41) is 4.88. The van der Waals surface area contributed by atoms with Gasteiger partial charge >= 0.3 is 5.97 Å². The normalized spacial score (nSPS) is 11.2. The summed E-state index contributed by atoms with van der Waals surface area (Å²) in [6.45, 7) is 2.03. The summed E-state index contributed by atoms with van der Waals surface area (Å²) in [6, 6.07) is 13.8. The van der Waals surface area contributed by atoms with E-state index >= 15 is 0 Å². The Balaban J connectivity index is 1.43. The van der Waals surface area contributed by atoms with Gasteiger partial charge in [-0.05, 0) is 61.4 Å². The highest BCUT2D eigenvalue weighted by Gasteiger charge is 2.12. The molecule has 9 nitrogen and oxygen atoms in total. The van der Waals surface area contributed by atoms with Crippen molar-refractivity contribution in [3.63, 3.8) is 0 Å². The average Bonchev–Trinajstić information content (AvgIpc) is 3.31. The third-order valence-corrected chi connectivity index (χ3v) is 6.59. The molecule has 184 valence electrons. The molecule has 5 aromatic rings. The summed E-state index contributed by atoms with van der Waals surface area (Å²) in [4.78, 5) is 25.4. The number of nitrogens with one attached hydrogen (secondary N) is 1. The number of hydrogen-bond acceptors (Lipinski definition) is 8. The lowest BCUT2D eigenvalue weighted by Gasteiger charge is -2.08. The molecule has 1 N–H and O–H groups in total. The summed E-state index contributed by atoms with van der Waals surface area (Å²) >= 11 is 0. The van der Waals surface area contributed by atoms with E-state index in [9.17, 15) is 13.2 Å². The van der Waals surface area contributed by atoms with E-state index in [1.54, 1.807) is 66.4 Å². The molecule has 0 bridgehead atoms. The summed E-state index contributed by atoms with van der Waals surface area (Å²) in [5.74, 6) is 6.35. The van der Waals surface area contributed by atoms with Crippen molar-refractivity contribution in [2.75, 3.05) is 18.2 Å². The fraction of sp³-hybridized carbons (Fsp3) is 0.111. The van der Waals surface area contributed by atoms with E-state index in [1.807, 2.05) is 18.2 Å². The zero-order chi connectivity index (χ0) is 26.0. The van der Waals surface area contributed by atoms with Crippen LogP contribution in [0.15, 0.2) is 78.2 Å². The Kier molecular flexibility index (Phi) is 6.29. The van der Waals surface area contributed by atoms with E-state index in [1.165, 1.54) is 6.26 Å². The Labute approximate surface area is 213 Å². The van der Waals surface area contributed by atoms with Crippen molar-refractivity contribution in [1.82, 2.24) is 19.4 Å². The van der Waals surface area contributed by atoms with Gasteiger partial charge in [0, 0.05) is 53.1 Å². The van der Waals surface area contributed by atoms with Crippen LogP contribution in [0, 0.1) is 11.8 Å². The zero-order valence-corrected chi connectivity index (χ0v) is 20.8. The molecule has 4 heterocycles. The predicted octanol–water partition coefficient (Wildman–Crippen LogP) is 4.00. The molecule has 5 rings (SSSR count). The largest absolute Gasteiger partial charge is 0.461 e. The van der Waals surface area contributed by atoms with Crippen LogP contribution in [0.5, 0.6) is 0 Å². The molecule has 0 unspecified atom stereocenters. The van der Waals surface area contributed by atoms with Crippen LogP contribution in [-0.2, 0) is 14.6 Å².